The summed E-state index contributed by atoms with van der Waals surface area (Å²) in [5.74, 6) is 0.959. The number of ketones is 1. The Morgan fingerprint density at radius 3 is 2.09 bits per heavy atom. The summed E-state index contributed by atoms with van der Waals surface area (Å²) in [6.07, 6.45) is 8.05. The molecule has 0 saturated heterocycles. The van der Waals surface area contributed by atoms with E-state index in [0.717, 1.165) is 32.1 Å². The lowest BCUT2D eigenvalue weighted by molar-refractivity contribution is -0.137. The molecule has 0 aromatic rings. The van der Waals surface area contributed by atoms with Crippen LogP contribution < -0.4 is 0 Å². The van der Waals surface area contributed by atoms with Crippen molar-refractivity contribution < 1.29 is 34.8 Å². The maximum Gasteiger partial charge on any atom is 0.303 e. The second-order valence-electron chi connectivity index (χ2n) is 11.0. The highest BCUT2D eigenvalue weighted by molar-refractivity contribution is 5.92. The van der Waals surface area contributed by atoms with Crippen LogP contribution in [-0.2, 0) is 14.4 Å². The number of fused-ring (bicyclic) bond motifs is 5. The molecule has 0 aliphatic heterocycles. The van der Waals surface area contributed by atoms with Gasteiger partial charge in [0.15, 0.2) is 5.78 Å². The fraction of sp³-hybridized carbons (Fsp3) is 0.815. The van der Waals surface area contributed by atoms with Crippen molar-refractivity contribution in [2.45, 2.75) is 92.1 Å². The van der Waals surface area contributed by atoms with Gasteiger partial charge in [-0.3, -0.25) is 14.4 Å². The number of aliphatic carboxylic acids is 2. The maximum atomic E-state index is 12.2. The van der Waals surface area contributed by atoms with E-state index >= 15 is 0 Å². The highest BCUT2D eigenvalue weighted by Crippen LogP contribution is 2.67. The highest BCUT2D eigenvalue weighted by Gasteiger charge is 2.62. The van der Waals surface area contributed by atoms with Crippen LogP contribution in [0.5, 0.6) is 0 Å². The Bertz CT molecular complexity index is 776. The van der Waals surface area contributed by atoms with E-state index in [0.29, 0.717) is 30.1 Å². The van der Waals surface area contributed by atoms with E-state index in [1.54, 1.807) is 13.8 Å². The van der Waals surface area contributed by atoms with Gasteiger partial charge in [-0.2, -0.15) is 0 Å². The number of rotatable bonds is 3. The first kappa shape index (κ1) is 28.5. The van der Waals surface area contributed by atoms with Crippen LogP contribution in [0, 0.1) is 40.4 Å². The largest absolute Gasteiger partial charge is 0.481 e. The van der Waals surface area contributed by atoms with E-state index in [9.17, 15) is 24.6 Å². The van der Waals surface area contributed by atoms with Crippen LogP contribution in [0.2, 0.25) is 0 Å². The average molecular weight is 481 g/mol. The molecule has 194 valence electrons. The van der Waals surface area contributed by atoms with Gasteiger partial charge in [0.1, 0.15) is 0 Å². The van der Waals surface area contributed by atoms with Crippen molar-refractivity contribution in [1.29, 1.82) is 0 Å². The van der Waals surface area contributed by atoms with Gasteiger partial charge in [0.25, 0.3) is 0 Å². The van der Waals surface area contributed by atoms with Crippen molar-refractivity contribution in [3.05, 3.63) is 11.6 Å². The molecule has 0 aromatic carbocycles. The molecule has 0 spiro atoms. The maximum absolute atomic E-state index is 12.2. The lowest BCUT2D eigenvalue weighted by Crippen LogP contribution is -2.57. The van der Waals surface area contributed by atoms with Gasteiger partial charge in [-0.15, -0.1) is 0 Å². The second kappa shape index (κ2) is 11.3. The first-order chi connectivity index (χ1) is 15.9. The third kappa shape index (κ3) is 5.25. The third-order valence-corrected chi connectivity index (χ3v) is 9.31. The molecule has 8 atom stereocenters. The van der Waals surface area contributed by atoms with Crippen LogP contribution in [0.15, 0.2) is 11.6 Å². The van der Waals surface area contributed by atoms with Crippen LogP contribution in [0.3, 0.4) is 0 Å². The number of aliphatic hydroxyl groups is 2. The van der Waals surface area contributed by atoms with Crippen molar-refractivity contribution in [3.8, 4) is 0 Å². The van der Waals surface area contributed by atoms with Gasteiger partial charge in [0.05, 0.1) is 12.7 Å². The number of hydrogen-bond donors (Lipinski definition) is 4. The standard InChI is InChI=1S/C21H32O3.2C3H6O2/c1-12-8-15-16-4-5-19(24)20(16,3)7-6-17(15)21(11-22)13(2)9-14(23)10-18(12)21;2*1-2-3(4)5/h10,12-13,15-17,19,22,24H,4-9,11H2,1-3H3;2*2H2,1H3,(H,4,5)/t12-,13-,15-,16-,17-,19-,20-,21+;;/m0../s1. The Hall–Kier alpha value is -1.73. The molecule has 0 unspecified atom stereocenters. The molecule has 4 aliphatic rings. The molecule has 4 rings (SSSR count). The van der Waals surface area contributed by atoms with E-state index in [4.69, 9.17) is 10.2 Å². The summed E-state index contributed by atoms with van der Waals surface area (Å²) in [6.45, 7) is 10.1. The predicted octanol–water partition coefficient (Wildman–Crippen LogP) is 4.31. The Kier molecular flexibility index (Phi) is 9.51. The summed E-state index contributed by atoms with van der Waals surface area (Å²) in [7, 11) is 0. The quantitative estimate of drug-likeness (QED) is 0.473. The molecule has 3 saturated carbocycles. The van der Waals surface area contributed by atoms with Crippen molar-refractivity contribution in [1.82, 2.24) is 0 Å². The molecule has 0 radical (unpaired) electrons. The van der Waals surface area contributed by atoms with E-state index in [1.807, 2.05) is 6.08 Å². The average Bonchev–Trinajstić information content (AvgIpc) is 3.09. The lowest BCUT2D eigenvalue weighted by atomic mass is 9.43. The number of carboxylic acid groups (broad SMARTS) is 2. The van der Waals surface area contributed by atoms with Gasteiger partial charge in [0, 0.05) is 24.7 Å². The number of hydrogen-bond acceptors (Lipinski definition) is 5. The summed E-state index contributed by atoms with van der Waals surface area (Å²) >= 11 is 0. The zero-order valence-corrected chi connectivity index (χ0v) is 21.4. The van der Waals surface area contributed by atoms with E-state index in [1.165, 1.54) is 5.57 Å². The molecule has 0 aromatic heterocycles. The van der Waals surface area contributed by atoms with Crippen molar-refractivity contribution >= 4 is 17.7 Å². The zero-order valence-electron chi connectivity index (χ0n) is 21.4. The Morgan fingerprint density at radius 2 is 1.59 bits per heavy atom. The van der Waals surface area contributed by atoms with E-state index in [2.05, 4.69) is 20.8 Å². The zero-order chi connectivity index (χ0) is 25.8. The monoisotopic (exact) mass is 480 g/mol. The first-order valence-corrected chi connectivity index (χ1v) is 12.9. The Morgan fingerprint density at radius 1 is 1.03 bits per heavy atom. The first-order valence-electron chi connectivity index (χ1n) is 12.9. The number of carboxylic acids is 2. The molecule has 0 amide bonds. The number of carbonyl (C=O) groups is 3. The van der Waals surface area contributed by atoms with Crippen LogP contribution >= 0.6 is 0 Å². The molecule has 0 heterocycles. The highest BCUT2D eigenvalue weighted by atomic mass is 16.4. The van der Waals surface area contributed by atoms with Crippen molar-refractivity contribution in [2.75, 3.05) is 6.61 Å². The predicted molar refractivity (Wildman–Crippen MR) is 129 cm³/mol. The van der Waals surface area contributed by atoms with Crippen molar-refractivity contribution in [2.24, 2.45) is 40.4 Å². The summed E-state index contributed by atoms with van der Waals surface area (Å²) < 4.78 is 0. The molecule has 0 bridgehead atoms. The molecule has 4 aliphatic carbocycles. The number of aliphatic hydroxyl groups excluding tert-OH is 2. The Labute approximate surface area is 203 Å². The van der Waals surface area contributed by atoms with Crippen LogP contribution in [0.25, 0.3) is 0 Å². The Balaban J connectivity index is 0.000000347. The summed E-state index contributed by atoms with van der Waals surface area (Å²) in [4.78, 5) is 30.9. The molecular weight excluding hydrogens is 436 g/mol. The topological polar surface area (TPSA) is 132 Å². The van der Waals surface area contributed by atoms with Gasteiger partial charge in [-0.05, 0) is 73.2 Å². The molecule has 3 fully saturated rings. The van der Waals surface area contributed by atoms with Crippen LogP contribution in [-0.4, -0.2) is 50.9 Å². The van der Waals surface area contributed by atoms with Gasteiger partial charge in [-0.1, -0.05) is 40.2 Å². The second-order valence-corrected chi connectivity index (χ2v) is 11.0. The number of carbonyl (C=O) groups excluding carboxylic acids is 1. The van der Waals surface area contributed by atoms with Gasteiger partial charge in [0.2, 0.25) is 0 Å². The fourth-order valence-corrected chi connectivity index (χ4v) is 7.44. The van der Waals surface area contributed by atoms with E-state index in [-0.39, 0.29) is 48.1 Å². The molecule has 7 heteroatoms. The van der Waals surface area contributed by atoms with Crippen molar-refractivity contribution in [3.63, 3.8) is 0 Å². The molecule has 34 heavy (non-hydrogen) atoms. The SMILES string of the molecule is CCC(=O)O.CCC(=O)O.C[C@H]1C[C@H]2[C@@H]3CC[C@H](O)[C@@]3(C)CC[C@@H]2[C@]2(CO)C1=CC(=O)C[C@@H]2C. The normalized spacial score (nSPS) is 40.2. The van der Waals surface area contributed by atoms with Crippen LogP contribution in [0.1, 0.15) is 86.0 Å². The van der Waals surface area contributed by atoms with Gasteiger partial charge >= 0.3 is 11.9 Å². The fourth-order valence-electron chi connectivity index (χ4n) is 7.44. The minimum absolute atomic E-state index is 0.0620. The summed E-state index contributed by atoms with van der Waals surface area (Å²) in [5, 5.41) is 36.6. The van der Waals surface area contributed by atoms with Gasteiger partial charge in [-0.25, -0.2) is 0 Å². The minimum Gasteiger partial charge on any atom is -0.481 e. The summed E-state index contributed by atoms with van der Waals surface area (Å²) in [6, 6.07) is 0. The van der Waals surface area contributed by atoms with Crippen LogP contribution in [0.4, 0.5) is 0 Å². The molecule has 4 N–H and O–H groups in total. The third-order valence-electron chi connectivity index (χ3n) is 9.31. The smallest absolute Gasteiger partial charge is 0.303 e. The molecular formula is C27H44O7. The van der Waals surface area contributed by atoms with Gasteiger partial charge < -0.3 is 20.4 Å². The minimum atomic E-state index is -0.745. The lowest BCUT2D eigenvalue weighted by Gasteiger charge is -2.61. The van der Waals surface area contributed by atoms with E-state index < -0.39 is 11.9 Å². The molecule has 7 nitrogen and oxygen atoms in total. The summed E-state index contributed by atoms with van der Waals surface area (Å²) in [5.41, 5.74) is 1.09.